The van der Waals surface area contributed by atoms with Crippen LogP contribution in [-0.2, 0) is 4.79 Å². The zero-order chi connectivity index (χ0) is 9.97. The molecule has 0 spiro atoms. The van der Waals surface area contributed by atoms with Crippen molar-refractivity contribution in [2.24, 2.45) is 17.8 Å². The maximum absolute atomic E-state index is 11.2. The van der Waals surface area contributed by atoms with Crippen molar-refractivity contribution >= 4 is 17.5 Å². The molecule has 0 radical (unpaired) electrons. The second-order valence-corrected chi connectivity index (χ2v) is 4.96. The SMILES string of the molecule is O=C(CCCl)NCC(C1CC1)C1CC1. The molecule has 0 aromatic rings. The summed E-state index contributed by atoms with van der Waals surface area (Å²) in [5.74, 6) is 3.15. The first kappa shape index (κ1) is 10.3. The third kappa shape index (κ3) is 2.88. The first-order valence-electron chi connectivity index (χ1n) is 5.64. The molecule has 0 saturated heterocycles. The topological polar surface area (TPSA) is 29.1 Å². The highest BCUT2D eigenvalue weighted by molar-refractivity contribution is 6.18. The van der Waals surface area contributed by atoms with E-state index in [9.17, 15) is 4.79 Å². The monoisotopic (exact) mass is 215 g/mol. The fourth-order valence-electron chi connectivity index (χ4n) is 2.17. The van der Waals surface area contributed by atoms with Crippen LogP contribution < -0.4 is 5.32 Å². The summed E-state index contributed by atoms with van der Waals surface area (Å²) >= 11 is 5.50. The molecule has 1 amide bonds. The molecule has 1 N–H and O–H groups in total. The van der Waals surface area contributed by atoms with Gasteiger partial charge in [-0.1, -0.05) is 0 Å². The summed E-state index contributed by atoms with van der Waals surface area (Å²) in [5.41, 5.74) is 0. The average molecular weight is 216 g/mol. The Morgan fingerprint density at radius 2 is 1.86 bits per heavy atom. The maximum atomic E-state index is 11.2. The highest BCUT2D eigenvalue weighted by Gasteiger charge is 2.41. The summed E-state index contributed by atoms with van der Waals surface area (Å²) in [7, 11) is 0. The van der Waals surface area contributed by atoms with Gasteiger partial charge in [0.05, 0.1) is 0 Å². The Balaban J connectivity index is 1.68. The van der Waals surface area contributed by atoms with Gasteiger partial charge in [-0.3, -0.25) is 4.79 Å². The van der Waals surface area contributed by atoms with E-state index in [2.05, 4.69) is 5.32 Å². The molecule has 0 unspecified atom stereocenters. The Morgan fingerprint density at radius 1 is 1.29 bits per heavy atom. The molecule has 2 aliphatic rings. The number of carbonyl (C=O) groups is 1. The van der Waals surface area contributed by atoms with Gasteiger partial charge in [0.2, 0.25) is 5.91 Å². The van der Waals surface area contributed by atoms with Crippen molar-refractivity contribution in [1.29, 1.82) is 0 Å². The predicted molar refractivity (Wildman–Crippen MR) is 57.3 cm³/mol. The molecule has 0 aromatic heterocycles. The van der Waals surface area contributed by atoms with Crippen LogP contribution in [0.5, 0.6) is 0 Å². The molecule has 0 atom stereocenters. The van der Waals surface area contributed by atoms with E-state index in [1.807, 2.05) is 0 Å². The van der Waals surface area contributed by atoms with Crippen LogP contribution >= 0.6 is 11.6 Å². The molecule has 0 aliphatic heterocycles. The van der Waals surface area contributed by atoms with Gasteiger partial charge < -0.3 is 5.32 Å². The largest absolute Gasteiger partial charge is 0.356 e. The molecule has 3 heteroatoms. The van der Waals surface area contributed by atoms with Crippen molar-refractivity contribution in [3.63, 3.8) is 0 Å². The van der Waals surface area contributed by atoms with E-state index in [0.29, 0.717) is 12.3 Å². The zero-order valence-corrected chi connectivity index (χ0v) is 9.22. The van der Waals surface area contributed by atoms with Gasteiger partial charge in [0, 0.05) is 18.8 Å². The Labute approximate surface area is 90.4 Å². The summed E-state index contributed by atoms with van der Waals surface area (Å²) in [4.78, 5) is 11.2. The van der Waals surface area contributed by atoms with E-state index in [1.165, 1.54) is 25.7 Å². The summed E-state index contributed by atoms with van der Waals surface area (Å²) < 4.78 is 0. The molecule has 2 saturated carbocycles. The molecular formula is C11H18ClNO. The number of nitrogens with one attached hydrogen (secondary N) is 1. The van der Waals surface area contributed by atoms with Crippen LogP contribution in [0.1, 0.15) is 32.1 Å². The number of rotatable bonds is 6. The number of hydrogen-bond donors (Lipinski definition) is 1. The van der Waals surface area contributed by atoms with Gasteiger partial charge in [-0.05, 0) is 43.4 Å². The van der Waals surface area contributed by atoms with Crippen molar-refractivity contribution in [2.75, 3.05) is 12.4 Å². The Kier molecular flexibility index (Phi) is 3.32. The standard InChI is InChI=1S/C11H18ClNO/c12-6-5-11(14)13-7-10(8-1-2-8)9-3-4-9/h8-10H,1-7H2,(H,13,14). The predicted octanol–water partition coefficient (Wildman–Crippen LogP) is 2.17. The van der Waals surface area contributed by atoms with E-state index >= 15 is 0 Å². The fraction of sp³-hybridized carbons (Fsp3) is 0.909. The van der Waals surface area contributed by atoms with Gasteiger partial charge in [-0.15, -0.1) is 11.6 Å². The number of hydrogen-bond acceptors (Lipinski definition) is 1. The zero-order valence-electron chi connectivity index (χ0n) is 8.47. The highest BCUT2D eigenvalue weighted by atomic mass is 35.5. The average Bonchev–Trinajstić information content (AvgIpc) is 3.01. The van der Waals surface area contributed by atoms with Gasteiger partial charge in [-0.2, -0.15) is 0 Å². The van der Waals surface area contributed by atoms with E-state index < -0.39 is 0 Å². The lowest BCUT2D eigenvalue weighted by Gasteiger charge is -2.15. The van der Waals surface area contributed by atoms with Crippen LogP contribution in [0.4, 0.5) is 0 Å². The first-order valence-corrected chi connectivity index (χ1v) is 6.17. The minimum atomic E-state index is 0.117. The number of amides is 1. The van der Waals surface area contributed by atoms with Crippen LogP contribution in [0, 0.1) is 17.8 Å². The third-order valence-electron chi connectivity index (χ3n) is 3.31. The molecule has 2 fully saturated rings. The summed E-state index contributed by atoms with van der Waals surface area (Å²) in [5, 5.41) is 3.00. The number of alkyl halides is 1. The van der Waals surface area contributed by atoms with Crippen molar-refractivity contribution in [3.05, 3.63) is 0 Å². The number of carbonyl (C=O) groups excluding carboxylic acids is 1. The summed E-state index contributed by atoms with van der Waals surface area (Å²) in [6, 6.07) is 0. The second-order valence-electron chi connectivity index (χ2n) is 4.58. The smallest absolute Gasteiger partial charge is 0.221 e. The fourth-order valence-corrected chi connectivity index (χ4v) is 2.34. The lowest BCUT2D eigenvalue weighted by atomic mass is 9.98. The van der Waals surface area contributed by atoms with Gasteiger partial charge in [0.1, 0.15) is 0 Å². The second kappa shape index (κ2) is 4.52. The van der Waals surface area contributed by atoms with Crippen LogP contribution in [-0.4, -0.2) is 18.3 Å². The maximum Gasteiger partial charge on any atom is 0.221 e. The molecule has 2 aliphatic carbocycles. The van der Waals surface area contributed by atoms with Crippen molar-refractivity contribution in [1.82, 2.24) is 5.32 Å². The van der Waals surface area contributed by atoms with E-state index in [4.69, 9.17) is 11.6 Å². The first-order chi connectivity index (χ1) is 6.81. The van der Waals surface area contributed by atoms with Gasteiger partial charge >= 0.3 is 0 Å². The minimum absolute atomic E-state index is 0.117. The lowest BCUT2D eigenvalue weighted by Crippen LogP contribution is -2.31. The molecule has 2 nitrogen and oxygen atoms in total. The minimum Gasteiger partial charge on any atom is -0.356 e. The number of halogens is 1. The van der Waals surface area contributed by atoms with E-state index in [-0.39, 0.29) is 5.91 Å². The molecular weight excluding hydrogens is 198 g/mol. The van der Waals surface area contributed by atoms with Crippen LogP contribution in [0.3, 0.4) is 0 Å². The third-order valence-corrected chi connectivity index (χ3v) is 3.50. The molecule has 2 rings (SSSR count). The molecule has 0 heterocycles. The summed E-state index contributed by atoms with van der Waals surface area (Å²) in [6.45, 7) is 0.894. The van der Waals surface area contributed by atoms with Crippen LogP contribution in [0.2, 0.25) is 0 Å². The van der Waals surface area contributed by atoms with Gasteiger partial charge in [0.25, 0.3) is 0 Å². The van der Waals surface area contributed by atoms with E-state index in [1.54, 1.807) is 0 Å². The van der Waals surface area contributed by atoms with Crippen LogP contribution in [0.25, 0.3) is 0 Å². The highest BCUT2D eigenvalue weighted by Crippen LogP contribution is 2.48. The summed E-state index contributed by atoms with van der Waals surface area (Å²) in [6.07, 6.45) is 5.99. The molecule has 80 valence electrons. The molecule has 0 bridgehead atoms. The normalized spacial score (nSPS) is 21.3. The molecule has 0 aromatic carbocycles. The van der Waals surface area contributed by atoms with Gasteiger partial charge in [0.15, 0.2) is 0 Å². The Morgan fingerprint density at radius 3 is 2.29 bits per heavy atom. The lowest BCUT2D eigenvalue weighted by molar-refractivity contribution is -0.120. The Hall–Kier alpha value is -0.240. The molecule has 14 heavy (non-hydrogen) atoms. The quantitative estimate of drug-likeness (QED) is 0.676. The van der Waals surface area contributed by atoms with Crippen molar-refractivity contribution in [3.8, 4) is 0 Å². The van der Waals surface area contributed by atoms with Crippen molar-refractivity contribution < 1.29 is 4.79 Å². The van der Waals surface area contributed by atoms with Crippen LogP contribution in [0.15, 0.2) is 0 Å². The van der Waals surface area contributed by atoms with Crippen molar-refractivity contribution in [2.45, 2.75) is 32.1 Å². The van der Waals surface area contributed by atoms with Gasteiger partial charge in [-0.25, -0.2) is 0 Å². The van der Waals surface area contributed by atoms with E-state index in [0.717, 1.165) is 24.3 Å². The Bertz CT molecular complexity index is 199.